The van der Waals surface area contributed by atoms with Crippen LogP contribution in [0.4, 0.5) is 0 Å². The molecule has 5 heteroatoms. The van der Waals surface area contributed by atoms with Crippen LogP contribution in [0.5, 0.6) is 0 Å². The van der Waals surface area contributed by atoms with E-state index in [4.69, 9.17) is 0 Å². The predicted octanol–water partition coefficient (Wildman–Crippen LogP) is 0.708. The molecule has 0 bridgehead atoms. The van der Waals surface area contributed by atoms with Crippen LogP contribution in [-0.2, 0) is 14.3 Å². The van der Waals surface area contributed by atoms with E-state index in [2.05, 4.69) is 30.7 Å². The summed E-state index contributed by atoms with van der Waals surface area (Å²) in [5.41, 5.74) is 0.523. The second-order valence-corrected chi connectivity index (χ2v) is 5.10. The number of methoxy groups -OCH3 is 1. The molecular weight excluding hydrogens is 232 g/mol. The molecule has 0 spiro atoms. The van der Waals surface area contributed by atoms with Crippen LogP contribution in [0.3, 0.4) is 0 Å². The van der Waals surface area contributed by atoms with E-state index in [0.717, 1.165) is 24.0 Å². The van der Waals surface area contributed by atoms with Crippen LogP contribution in [0.1, 0.15) is 19.8 Å². The van der Waals surface area contributed by atoms with Crippen molar-refractivity contribution in [2.45, 2.75) is 19.8 Å². The smallest absolute Gasteiger partial charge is 0.311 e. The summed E-state index contributed by atoms with van der Waals surface area (Å²) in [4.78, 5) is 22.3. The zero-order chi connectivity index (χ0) is 14.2. The zero-order valence-corrected chi connectivity index (χ0v) is 11.9. The molecule has 0 aliphatic heterocycles. The van der Waals surface area contributed by atoms with Gasteiger partial charge in [0.25, 0.3) is 0 Å². The minimum absolute atomic E-state index is 0.102. The predicted molar refractivity (Wildman–Crippen MR) is 70.9 cm³/mol. The minimum Gasteiger partial charge on any atom is -0.469 e. The lowest BCUT2D eigenvalue weighted by molar-refractivity contribution is -0.889. The molecule has 0 fully saturated rings. The molecule has 0 heterocycles. The minimum atomic E-state index is -0.184. The van der Waals surface area contributed by atoms with E-state index in [1.165, 1.54) is 7.11 Å². The molecule has 1 N–H and O–H groups in total. The molecule has 0 unspecified atom stereocenters. The topological polar surface area (TPSA) is 55.4 Å². The van der Waals surface area contributed by atoms with E-state index in [-0.39, 0.29) is 11.9 Å². The molecule has 0 aromatic rings. The van der Waals surface area contributed by atoms with E-state index in [1.54, 1.807) is 6.92 Å². The summed E-state index contributed by atoms with van der Waals surface area (Å²) in [6.07, 6.45) is 1.29. The first-order valence-corrected chi connectivity index (χ1v) is 6.11. The van der Waals surface area contributed by atoms with E-state index in [9.17, 15) is 9.59 Å². The van der Waals surface area contributed by atoms with Crippen LogP contribution < -0.4 is 5.32 Å². The van der Waals surface area contributed by atoms with Crippen molar-refractivity contribution >= 4 is 11.9 Å². The summed E-state index contributed by atoms with van der Waals surface area (Å²) in [5, 5.41) is 2.79. The highest BCUT2D eigenvalue weighted by Crippen LogP contribution is 2.02. The Morgan fingerprint density at radius 2 is 1.89 bits per heavy atom. The Balaban J connectivity index is 3.80. The summed E-state index contributed by atoms with van der Waals surface area (Å²) < 4.78 is 5.35. The van der Waals surface area contributed by atoms with Crippen LogP contribution in [0.25, 0.3) is 0 Å². The Hall–Kier alpha value is -1.36. The van der Waals surface area contributed by atoms with Crippen LogP contribution in [-0.4, -0.2) is 57.2 Å². The Labute approximate surface area is 109 Å². The van der Waals surface area contributed by atoms with Crippen molar-refractivity contribution in [1.82, 2.24) is 5.32 Å². The van der Waals surface area contributed by atoms with Gasteiger partial charge < -0.3 is 14.5 Å². The molecule has 0 radical (unpaired) electrons. The fraction of sp³-hybridized carbons (Fsp3) is 0.692. The van der Waals surface area contributed by atoms with Crippen LogP contribution >= 0.6 is 0 Å². The van der Waals surface area contributed by atoms with Gasteiger partial charge in [-0.1, -0.05) is 6.58 Å². The summed E-state index contributed by atoms with van der Waals surface area (Å²) in [7, 11) is 5.52. The number of hydrogen-bond acceptors (Lipinski definition) is 3. The van der Waals surface area contributed by atoms with E-state index >= 15 is 0 Å². The highest BCUT2D eigenvalue weighted by atomic mass is 16.5. The van der Waals surface area contributed by atoms with Crippen molar-refractivity contribution in [3.63, 3.8) is 0 Å². The van der Waals surface area contributed by atoms with Gasteiger partial charge in [0.15, 0.2) is 0 Å². The average Bonchev–Trinajstić information content (AvgIpc) is 2.31. The first kappa shape index (κ1) is 16.6. The number of amides is 1. The number of esters is 1. The van der Waals surface area contributed by atoms with Crippen molar-refractivity contribution in [1.29, 1.82) is 0 Å². The van der Waals surface area contributed by atoms with E-state index < -0.39 is 0 Å². The Morgan fingerprint density at radius 1 is 1.28 bits per heavy atom. The lowest BCUT2D eigenvalue weighted by Crippen LogP contribution is -2.43. The molecule has 0 aromatic carbocycles. The van der Waals surface area contributed by atoms with Crippen LogP contribution in [0.15, 0.2) is 12.2 Å². The van der Waals surface area contributed by atoms with Crippen molar-refractivity contribution in [3.8, 4) is 0 Å². The fourth-order valence-electron chi connectivity index (χ4n) is 1.47. The normalized spacial score (nSPS) is 10.9. The van der Waals surface area contributed by atoms with Gasteiger partial charge in [0.05, 0.1) is 40.7 Å². The Morgan fingerprint density at radius 3 is 2.39 bits per heavy atom. The van der Waals surface area contributed by atoms with Crippen LogP contribution in [0.2, 0.25) is 0 Å². The number of ether oxygens (including phenoxy) is 1. The molecule has 0 aromatic heterocycles. The maximum absolute atomic E-state index is 11.2. The summed E-state index contributed by atoms with van der Waals surface area (Å²) >= 11 is 0. The zero-order valence-electron chi connectivity index (χ0n) is 11.9. The van der Waals surface area contributed by atoms with Crippen molar-refractivity contribution in [2.24, 2.45) is 0 Å². The Bertz CT molecular complexity index is 311. The summed E-state index contributed by atoms with van der Waals surface area (Å²) in [5.74, 6) is -0.286. The molecule has 5 nitrogen and oxygen atoms in total. The van der Waals surface area contributed by atoms with Crippen molar-refractivity contribution in [3.05, 3.63) is 12.2 Å². The van der Waals surface area contributed by atoms with Crippen LogP contribution in [0, 0.1) is 0 Å². The van der Waals surface area contributed by atoms with E-state index in [0.29, 0.717) is 18.5 Å². The quantitative estimate of drug-likeness (QED) is 0.301. The second-order valence-electron chi connectivity index (χ2n) is 5.10. The molecule has 1 amide bonds. The molecule has 0 saturated heterocycles. The molecule has 0 aliphatic rings. The number of quaternary nitrogens is 1. The lowest BCUT2D eigenvalue weighted by Gasteiger charge is -2.29. The first-order chi connectivity index (χ1) is 8.28. The molecular formula is C13H25N2O3+. The number of hydrogen-bond donors (Lipinski definition) is 1. The van der Waals surface area contributed by atoms with Gasteiger partial charge in [-0.15, -0.1) is 0 Å². The fourth-order valence-corrected chi connectivity index (χ4v) is 1.47. The van der Waals surface area contributed by atoms with Gasteiger partial charge in [-0.3, -0.25) is 9.59 Å². The molecule has 18 heavy (non-hydrogen) atoms. The molecule has 104 valence electrons. The second kappa shape index (κ2) is 7.87. The lowest BCUT2D eigenvalue weighted by atomic mass is 10.3. The third-order valence-corrected chi connectivity index (χ3v) is 2.76. The third-order valence-electron chi connectivity index (χ3n) is 2.76. The standard InChI is InChI=1S/C13H24N2O3/c1-11(2)13(17)14-8-6-9-15(3,4)10-7-12(16)18-5/h1,6-10H2,2-5H3/p+1. The number of rotatable bonds is 8. The monoisotopic (exact) mass is 257 g/mol. The van der Waals surface area contributed by atoms with Gasteiger partial charge in [0.2, 0.25) is 5.91 Å². The summed E-state index contributed by atoms with van der Waals surface area (Å²) in [6.45, 7) is 7.52. The summed E-state index contributed by atoms with van der Waals surface area (Å²) in [6, 6.07) is 0. The van der Waals surface area contributed by atoms with Gasteiger partial charge in [-0.25, -0.2) is 0 Å². The number of nitrogens with zero attached hydrogens (tertiary/aromatic N) is 1. The number of carbonyl (C=O) groups excluding carboxylic acids is 2. The molecule has 0 atom stereocenters. The maximum Gasteiger partial charge on any atom is 0.311 e. The van der Waals surface area contributed by atoms with Crippen molar-refractivity contribution < 1.29 is 18.8 Å². The molecule has 0 saturated carbocycles. The highest BCUT2D eigenvalue weighted by Gasteiger charge is 2.16. The molecule has 0 aliphatic carbocycles. The van der Waals surface area contributed by atoms with Gasteiger partial charge in [0.1, 0.15) is 0 Å². The van der Waals surface area contributed by atoms with E-state index in [1.807, 2.05) is 0 Å². The SMILES string of the molecule is C=C(C)C(=O)NCCC[N+](C)(C)CCC(=O)OC. The highest BCUT2D eigenvalue weighted by molar-refractivity contribution is 5.91. The third kappa shape index (κ3) is 7.84. The average molecular weight is 257 g/mol. The molecule has 0 rings (SSSR count). The van der Waals surface area contributed by atoms with Gasteiger partial charge in [0, 0.05) is 18.5 Å². The Kier molecular flexibility index (Phi) is 7.27. The van der Waals surface area contributed by atoms with Gasteiger partial charge >= 0.3 is 5.97 Å². The number of nitrogens with one attached hydrogen (secondary N) is 1. The van der Waals surface area contributed by atoms with Gasteiger partial charge in [-0.05, 0) is 6.92 Å². The largest absolute Gasteiger partial charge is 0.469 e. The van der Waals surface area contributed by atoms with Crippen molar-refractivity contribution in [2.75, 3.05) is 40.8 Å². The maximum atomic E-state index is 11.2. The number of carbonyl (C=O) groups is 2. The van der Waals surface area contributed by atoms with Gasteiger partial charge in [-0.2, -0.15) is 0 Å². The first-order valence-electron chi connectivity index (χ1n) is 6.11.